The molecule has 8 nitrogen and oxygen atoms in total. The van der Waals surface area contributed by atoms with Crippen LogP contribution in [0.25, 0.3) is 0 Å². The van der Waals surface area contributed by atoms with Crippen LogP contribution < -0.4 is 0 Å². The van der Waals surface area contributed by atoms with Crippen molar-refractivity contribution in [1.29, 1.82) is 0 Å². The highest BCUT2D eigenvalue weighted by Crippen LogP contribution is 2.55. The molecule has 4 heterocycles. The Morgan fingerprint density at radius 3 is 2.46 bits per heavy atom. The van der Waals surface area contributed by atoms with Gasteiger partial charge in [-0.15, -0.1) is 0 Å². The zero-order valence-corrected chi connectivity index (χ0v) is 21.6. The minimum Gasteiger partial charge on any atom is -0.465 e. The second kappa shape index (κ2) is 10.4. The van der Waals surface area contributed by atoms with Gasteiger partial charge in [-0.2, -0.15) is 0 Å². The third kappa shape index (κ3) is 4.28. The average molecular weight is 529 g/mol. The zero-order chi connectivity index (χ0) is 27.0. The normalized spacial score (nSPS) is 31.8. The highest BCUT2D eigenvalue weighted by molar-refractivity contribution is 5.99. The fourth-order valence-electron chi connectivity index (χ4n) is 6.55. The highest BCUT2D eigenvalue weighted by atomic mass is 16.6. The molecule has 1 unspecified atom stereocenters. The molecule has 8 heteroatoms. The van der Waals surface area contributed by atoms with E-state index in [1.807, 2.05) is 85.0 Å². The number of amides is 2. The van der Waals surface area contributed by atoms with E-state index in [1.54, 1.807) is 4.90 Å². The lowest BCUT2D eigenvalue weighted by molar-refractivity contribution is -0.156. The molecule has 4 aliphatic heterocycles. The number of allylic oxidation sites excluding steroid dienone is 1. The van der Waals surface area contributed by atoms with E-state index in [0.717, 1.165) is 12.0 Å². The molecule has 0 saturated carbocycles. The second-order valence-corrected chi connectivity index (χ2v) is 10.5. The number of rotatable bonds is 5. The van der Waals surface area contributed by atoms with E-state index in [4.69, 9.17) is 9.47 Å². The van der Waals surface area contributed by atoms with Gasteiger partial charge in [-0.25, -0.2) is 0 Å². The summed E-state index contributed by atoms with van der Waals surface area (Å²) in [6.07, 6.45) is 8.18. The van der Waals surface area contributed by atoms with E-state index in [9.17, 15) is 19.5 Å². The van der Waals surface area contributed by atoms with Gasteiger partial charge in [0.05, 0.1) is 31.3 Å². The summed E-state index contributed by atoms with van der Waals surface area (Å²) in [7, 11) is 0. The summed E-state index contributed by atoms with van der Waals surface area (Å²) in [5.74, 6) is -3.02. The first-order chi connectivity index (χ1) is 19.0. The summed E-state index contributed by atoms with van der Waals surface area (Å²) in [5.41, 5.74) is 0.286. The maximum absolute atomic E-state index is 14.5. The van der Waals surface area contributed by atoms with Gasteiger partial charge in [0.25, 0.3) is 0 Å². The van der Waals surface area contributed by atoms with Crippen LogP contribution in [0.3, 0.4) is 0 Å². The molecule has 2 aromatic rings. The van der Waals surface area contributed by atoms with Crippen LogP contribution in [-0.4, -0.2) is 70.2 Å². The van der Waals surface area contributed by atoms with Crippen LogP contribution in [0.15, 0.2) is 85.0 Å². The quantitative estimate of drug-likeness (QED) is 0.474. The lowest BCUT2D eigenvalue weighted by atomic mass is 9.78. The molecule has 0 bridgehead atoms. The van der Waals surface area contributed by atoms with Gasteiger partial charge in [-0.1, -0.05) is 85.0 Å². The van der Waals surface area contributed by atoms with Gasteiger partial charge in [-0.05, 0) is 24.0 Å². The second-order valence-electron chi connectivity index (χ2n) is 10.5. The first kappa shape index (κ1) is 25.5. The fraction of sp³-hybridized carbons (Fsp3) is 0.387. The zero-order valence-electron chi connectivity index (χ0n) is 21.6. The monoisotopic (exact) mass is 528 g/mol. The van der Waals surface area contributed by atoms with Crippen LogP contribution in [0, 0.1) is 11.8 Å². The van der Waals surface area contributed by atoms with Gasteiger partial charge in [0, 0.05) is 13.1 Å². The van der Waals surface area contributed by atoms with E-state index in [-0.39, 0.29) is 25.0 Å². The number of carbonyl (C=O) groups is 3. The van der Waals surface area contributed by atoms with Crippen LogP contribution in [0.4, 0.5) is 0 Å². The molecule has 1 N–H and O–H groups in total. The van der Waals surface area contributed by atoms with Crippen molar-refractivity contribution in [2.24, 2.45) is 11.8 Å². The van der Waals surface area contributed by atoms with Crippen molar-refractivity contribution >= 4 is 17.8 Å². The van der Waals surface area contributed by atoms with Gasteiger partial charge in [-0.3, -0.25) is 14.4 Å². The number of fused-ring (bicyclic) bond motifs is 2. The molecule has 0 radical (unpaired) electrons. The number of aliphatic hydroxyl groups is 1. The SMILES string of the molecule is O=C1OCCC/C=C\[C@@H]2O[C@]34C=CCN(Cc5ccccc5)C(=O)C3N([C@H](CO)c3ccccc3)C(=O)[C@@H]4[C@H]12. The van der Waals surface area contributed by atoms with Crippen LogP contribution in [0.2, 0.25) is 0 Å². The van der Waals surface area contributed by atoms with Crippen molar-refractivity contribution in [3.05, 3.63) is 96.1 Å². The number of esters is 1. The van der Waals surface area contributed by atoms with Gasteiger partial charge >= 0.3 is 5.97 Å². The number of cyclic esters (lactones) is 1. The van der Waals surface area contributed by atoms with Gasteiger partial charge in [0.2, 0.25) is 11.8 Å². The molecule has 6 rings (SSSR count). The van der Waals surface area contributed by atoms with E-state index >= 15 is 0 Å². The molecule has 2 fully saturated rings. The molecule has 2 saturated heterocycles. The molecule has 0 aromatic heterocycles. The molecule has 2 aromatic carbocycles. The Morgan fingerprint density at radius 2 is 1.72 bits per heavy atom. The maximum Gasteiger partial charge on any atom is 0.312 e. The van der Waals surface area contributed by atoms with Crippen molar-refractivity contribution in [2.75, 3.05) is 19.8 Å². The number of benzene rings is 2. The van der Waals surface area contributed by atoms with E-state index in [2.05, 4.69) is 0 Å². The van der Waals surface area contributed by atoms with Gasteiger partial charge in [0.15, 0.2) is 0 Å². The van der Waals surface area contributed by atoms with E-state index in [1.165, 1.54) is 4.90 Å². The first-order valence-corrected chi connectivity index (χ1v) is 13.5. The molecular weight excluding hydrogens is 496 g/mol. The van der Waals surface area contributed by atoms with Crippen molar-refractivity contribution in [2.45, 2.75) is 43.2 Å². The predicted octanol–water partition coefficient (Wildman–Crippen LogP) is 2.79. The molecule has 39 heavy (non-hydrogen) atoms. The number of hydrogen-bond donors (Lipinski definition) is 1. The Kier molecular flexibility index (Phi) is 6.83. The number of carbonyl (C=O) groups excluding carboxylic acids is 3. The van der Waals surface area contributed by atoms with E-state index in [0.29, 0.717) is 25.1 Å². The summed E-state index contributed by atoms with van der Waals surface area (Å²) in [4.78, 5) is 45.4. The Hall–Kier alpha value is -3.75. The Morgan fingerprint density at radius 1 is 0.974 bits per heavy atom. The Labute approximate surface area is 227 Å². The molecule has 2 amide bonds. The predicted molar refractivity (Wildman–Crippen MR) is 142 cm³/mol. The van der Waals surface area contributed by atoms with Crippen LogP contribution in [0.5, 0.6) is 0 Å². The summed E-state index contributed by atoms with van der Waals surface area (Å²) < 4.78 is 12.2. The summed E-state index contributed by atoms with van der Waals surface area (Å²) in [6, 6.07) is 17.0. The molecule has 6 atom stereocenters. The molecule has 202 valence electrons. The van der Waals surface area contributed by atoms with Crippen LogP contribution in [-0.2, 0) is 30.4 Å². The highest BCUT2D eigenvalue weighted by Gasteiger charge is 2.72. The van der Waals surface area contributed by atoms with E-state index < -0.39 is 41.6 Å². The number of likely N-dealkylation sites (tertiary alicyclic amines) is 1. The van der Waals surface area contributed by atoms with Gasteiger partial charge < -0.3 is 24.4 Å². The number of aliphatic hydroxyl groups excluding tert-OH is 1. The third-order valence-corrected chi connectivity index (χ3v) is 8.28. The largest absolute Gasteiger partial charge is 0.465 e. The first-order valence-electron chi connectivity index (χ1n) is 13.5. The lowest BCUT2D eigenvalue weighted by Crippen LogP contribution is -2.56. The third-order valence-electron chi connectivity index (χ3n) is 8.28. The van der Waals surface area contributed by atoms with Crippen molar-refractivity contribution in [3.63, 3.8) is 0 Å². The Balaban J connectivity index is 1.47. The fourth-order valence-corrected chi connectivity index (χ4v) is 6.55. The standard InChI is InChI=1S/C31H32N2O6/c34-20-23(22-13-6-2-7-14-22)33-27-29(36)32(19-21-11-4-1-5-12-21)17-10-16-31(27)26(28(33)35)25-24(39-31)15-8-3-9-18-38-30(25)37/h1-2,4-8,10-16,23-27,34H,3,9,17-20H2/b15-8-/t23-,24+,25-,26+,27?,31+/m1/s1. The maximum atomic E-state index is 14.5. The van der Waals surface area contributed by atoms with Gasteiger partial charge in [0.1, 0.15) is 17.6 Å². The molecule has 1 spiro atoms. The topological polar surface area (TPSA) is 96.4 Å². The summed E-state index contributed by atoms with van der Waals surface area (Å²) in [6.45, 7) is 0.557. The molecule has 4 aliphatic rings. The Bertz CT molecular complexity index is 1290. The average Bonchev–Trinajstić information content (AvgIpc) is 3.37. The van der Waals surface area contributed by atoms with Crippen LogP contribution in [0.1, 0.15) is 30.0 Å². The molecule has 0 aliphatic carbocycles. The van der Waals surface area contributed by atoms with Crippen molar-refractivity contribution < 1.29 is 29.0 Å². The van der Waals surface area contributed by atoms with Crippen LogP contribution >= 0.6 is 0 Å². The lowest BCUT2D eigenvalue weighted by Gasteiger charge is -2.38. The number of ether oxygens (including phenoxy) is 2. The minimum atomic E-state index is -1.38. The molecular formula is C31H32N2O6. The van der Waals surface area contributed by atoms with Crippen molar-refractivity contribution in [3.8, 4) is 0 Å². The summed E-state index contributed by atoms with van der Waals surface area (Å²) in [5, 5.41) is 10.6. The number of hydrogen-bond acceptors (Lipinski definition) is 6. The minimum absolute atomic E-state index is 0.260. The smallest absolute Gasteiger partial charge is 0.312 e. The van der Waals surface area contributed by atoms with Crippen molar-refractivity contribution in [1.82, 2.24) is 9.80 Å². The summed E-state index contributed by atoms with van der Waals surface area (Å²) >= 11 is 0. The number of nitrogens with zero attached hydrogens (tertiary/aromatic N) is 2.